The molecule has 0 radical (unpaired) electrons. The van der Waals surface area contributed by atoms with Gasteiger partial charge in [-0.3, -0.25) is 0 Å². The van der Waals surface area contributed by atoms with E-state index in [4.69, 9.17) is 4.42 Å². The van der Waals surface area contributed by atoms with Crippen molar-refractivity contribution in [3.8, 4) is 0 Å². The number of hydrogen-bond acceptors (Lipinski definition) is 6. The number of nitrogens with zero attached hydrogens (tertiary/aromatic N) is 5. The Kier molecular flexibility index (Phi) is 3.99. The highest BCUT2D eigenvalue weighted by molar-refractivity contribution is 5.75. The zero-order chi connectivity index (χ0) is 17.4. The van der Waals surface area contributed by atoms with Crippen LogP contribution in [0.5, 0.6) is 0 Å². The van der Waals surface area contributed by atoms with Crippen LogP contribution in [0.2, 0.25) is 0 Å². The molecule has 2 aromatic heterocycles. The normalized spacial score (nSPS) is 15.2. The van der Waals surface area contributed by atoms with Crippen LogP contribution in [-0.2, 0) is 6.42 Å². The van der Waals surface area contributed by atoms with Crippen LogP contribution in [0.15, 0.2) is 28.9 Å². The Labute approximate surface area is 145 Å². The molecule has 6 nitrogen and oxygen atoms in total. The molecule has 25 heavy (non-hydrogen) atoms. The number of hydrogen-bond donors (Lipinski definition) is 0. The Morgan fingerprint density at radius 1 is 1.12 bits per heavy atom. The van der Waals surface area contributed by atoms with Crippen LogP contribution in [0.1, 0.15) is 18.2 Å². The molecule has 1 aromatic carbocycles. The summed E-state index contributed by atoms with van der Waals surface area (Å²) in [7, 11) is 0. The number of piperazine rings is 1. The molecule has 0 atom stereocenters. The highest BCUT2D eigenvalue weighted by Crippen LogP contribution is 2.25. The zero-order valence-electron chi connectivity index (χ0n) is 14.4. The van der Waals surface area contributed by atoms with Crippen molar-refractivity contribution in [2.45, 2.75) is 20.3 Å². The van der Waals surface area contributed by atoms with Crippen molar-refractivity contribution in [1.82, 2.24) is 15.0 Å². The van der Waals surface area contributed by atoms with E-state index in [0.717, 1.165) is 16.7 Å². The van der Waals surface area contributed by atoms with Crippen LogP contribution in [0.3, 0.4) is 0 Å². The van der Waals surface area contributed by atoms with Gasteiger partial charge in [-0.15, -0.1) is 0 Å². The number of oxazole rings is 1. The maximum atomic E-state index is 14.4. The highest BCUT2D eigenvalue weighted by Gasteiger charge is 2.24. The van der Waals surface area contributed by atoms with Crippen molar-refractivity contribution in [1.29, 1.82) is 0 Å². The van der Waals surface area contributed by atoms with Gasteiger partial charge in [-0.05, 0) is 31.0 Å². The molecule has 0 bridgehead atoms. The van der Waals surface area contributed by atoms with E-state index in [0.29, 0.717) is 50.1 Å². The van der Waals surface area contributed by atoms with Crippen molar-refractivity contribution < 1.29 is 8.81 Å². The van der Waals surface area contributed by atoms with Gasteiger partial charge in [0.25, 0.3) is 6.01 Å². The van der Waals surface area contributed by atoms with Gasteiger partial charge >= 0.3 is 0 Å². The second-order valence-electron chi connectivity index (χ2n) is 6.25. The summed E-state index contributed by atoms with van der Waals surface area (Å²) in [5, 5.41) is 0. The average Bonchev–Trinajstić information content (AvgIpc) is 3.05. The Morgan fingerprint density at radius 2 is 1.88 bits per heavy atom. The minimum absolute atomic E-state index is 0.309. The number of halogens is 1. The molecular formula is C18H20FN5O. The van der Waals surface area contributed by atoms with E-state index in [-0.39, 0.29) is 5.82 Å². The quantitative estimate of drug-likeness (QED) is 0.730. The number of rotatable bonds is 3. The van der Waals surface area contributed by atoms with Crippen molar-refractivity contribution in [3.63, 3.8) is 0 Å². The van der Waals surface area contributed by atoms with E-state index in [2.05, 4.69) is 19.9 Å². The fourth-order valence-electron chi connectivity index (χ4n) is 3.13. The van der Waals surface area contributed by atoms with Crippen molar-refractivity contribution in [2.75, 3.05) is 36.0 Å². The van der Waals surface area contributed by atoms with Gasteiger partial charge in [-0.25, -0.2) is 14.4 Å². The number of anilines is 2. The molecule has 7 heteroatoms. The van der Waals surface area contributed by atoms with E-state index in [1.165, 1.54) is 6.33 Å². The number of benzene rings is 1. The highest BCUT2D eigenvalue weighted by atomic mass is 19.1. The molecule has 0 unspecified atom stereocenters. The summed E-state index contributed by atoms with van der Waals surface area (Å²) in [6.07, 6.45) is 2.00. The van der Waals surface area contributed by atoms with Crippen LogP contribution in [0, 0.1) is 12.7 Å². The summed E-state index contributed by atoms with van der Waals surface area (Å²) in [4.78, 5) is 16.8. The average molecular weight is 341 g/mol. The third-order valence-corrected chi connectivity index (χ3v) is 4.56. The third-order valence-electron chi connectivity index (χ3n) is 4.56. The summed E-state index contributed by atoms with van der Waals surface area (Å²) >= 11 is 0. The second-order valence-corrected chi connectivity index (χ2v) is 6.25. The van der Waals surface area contributed by atoms with E-state index >= 15 is 0 Å². The number of aromatic nitrogens is 3. The molecule has 0 spiro atoms. The van der Waals surface area contributed by atoms with Crippen LogP contribution in [0.4, 0.5) is 16.2 Å². The lowest BCUT2D eigenvalue weighted by Gasteiger charge is -2.34. The maximum Gasteiger partial charge on any atom is 0.298 e. The fraction of sp³-hybridized carbons (Fsp3) is 0.389. The van der Waals surface area contributed by atoms with Crippen LogP contribution in [-0.4, -0.2) is 41.1 Å². The molecule has 1 aliphatic heterocycles. The minimum Gasteiger partial charge on any atom is -0.423 e. The van der Waals surface area contributed by atoms with Gasteiger partial charge in [0.15, 0.2) is 17.2 Å². The lowest BCUT2D eigenvalue weighted by Crippen LogP contribution is -2.47. The molecular weight excluding hydrogens is 321 g/mol. The zero-order valence-corrected chi connectivity index (χ0v) is 14.4. The molecule has 0 N–H and O–H groups in total. The van der Waals surface area contributed by atoms with E-state index in [1.807, 2.05) is 36.9 Å². The fourth-order valence-corrected chi connectivity index (χ4v) is 3.13. The van der Waals surface area contributed by atoms with Gasteiger partial charge in [0.2, 0.25) is 0 Å². The lowest BCUT2D eigenvalue weighted by molar-refractivity contribution is 0.530. The molecule has 3 aromatic rings. The maximum absolute atomic E-state index is 14.4. The first kappa shape index (κ1) is 15.8. The van der Waals surface area contributed by atoms with Crippen LogP contribution in [0.25, 0.3) is 11.1 Å². The summed E-state index contributed by atoms with van der Waals surface area (Å²) in [6.45, 7) is 6.66. The summed E-state index contributed by atoms with van der Waals surface area (Å²) in [5.41, 5.74) is 3.27. The Bertz CT molecular complexity index is 902. The van der Waals surface area contributed by atoms with Gasteiger partial charge in [-0.2, -0.15) is 4.98 Å². The minimum atomic E-state index is -0.309. The van der Waals surface area contributed by atoms with Gasteiger partial charge in [0.1, 0.15) is 11.8 Å². The van der Waals surface area contributed by atoms with Crippen molar-refractivity contribution >= 4 is 22.9 Å². The van der Waals surface area contributed by atoms with Gasteiger partial charge in [0, 0.05) is 26.2 Å². The van der Waals surface area contributed by atoms with Crippen LogP contribution >= 0.6 is 0 Å². The Hall–Kier alpha value is -2.70. The molecule has 0 aliphatic carbocycles. The molecule has 1 saturated heterocycles. The van der Waals surface area contributed by atoms with E-state index in [9.17, 15) is 4.39 Å². The van der Waals surface area contributed by atoms with Crippen molar-refractivity contribution in [2.24, 2.45) is 0 Å². The van der Waals surface area contributed by atoms with E-state index < -0.39 is 0 Å². The topological polar surface area (TPSA) is 58.3 Å². The second kappa shape index (κ2) is 6.31. The first-order valence-electron chi connectivity index (χ1n) is 8.52. The molecule has 0 amide bonds. The third kappa shape index (κ3) is 2.90. The monoisotopic (exact) mass is 341 g/mol. The van der Waals surface area contributed by atoms with Crippen LogP contribution < -0.4 is 9.80 Å². The summed E-state index contributed by atoms with van der Waals surface area (Å²) in [5.74, 6) is 0.0791. The largest absolute Gasteiger partial charge is 0.423 e. The van der Waals surface area contributed by atoms with E-state index in [1.54, 1.807) is 0 Å². The predicted octanol–water partition coefficient (Wildman–Crippen LogP) is 2.95. The predicted molar refractivity (Wildman–Crippen MR) is 94.5 cm³/mol. The molecule has 0 saturated carbocycles. The first-order chi connectivity index (χ1) is 12.2. The molecule has 1 fully saturated rings. The standard InChI is InChI=1S/C18H20FN5O/c1-3-13-16(19)17(21-11-20-13)23-6-8-24(9-7-23)18-22-14-10-12(2)4-5-15(14)25-18/h4-5,10-11H,3,6-9H2,1-2H3. The SMILES string of the molecule is CCc1ncnc(N2CCN(c3nc4cc(C)ccc4o3)CC2)c1F. The number of fused-ring (bicyclic) bond motifs is 1. The molecule has 1 aliphatic rings. The lowest BCUT2D eigenvalue weighted by atomic mass is 10.2. The number of aryl methyl sites for hydroxylation is 2. The first-order valence-corrected chi connectivity index (χ1v) is 8.52. The Morgan fingerprint density at radius 3 is 2.64 bits per heavy atom. The molecule has 4 rings (SSSR count). The Balaban J connectivity index is 1.51. The molecule has 3 heterocycles. The van der Waals surface area contributed by atoms with Gasteiger partial charge in [0.05, 0.1) is 5.69 Å². The van der Waals surface area contributed by atoms with Crippen molar-refractivity contribution in [3.05, 3.63) is 41.6 Å². The molecule has 130 valence electrons. The van der Waals surface area contributed by atoms with Gasteiger partial charge in [-0.1, -0.05) is 13.0 Å². The summed E-state index contributed by atoms with van der Waals surface area (Å²) in [6, 6.07) is 6.59. The summed E-state index contributed by atoms with van der Waals surface area (Å²) < 4.78 is 20.3. The smallest absolute Gasteiger partial charge is 0.298 e. The van der Waals surface area contributed by atoms with Gasteiger partial charge < -0.3 is 14.2 Å².